The number of rotatable bonds is 10. The van der Waals surface area contributed by atoms with Gasteiger partial charge in [-0.3, -0.25) is 4.79 Å². The molecule has 0 bridgehead atoms. The number of carbonyl (C=O) groups is 1. The van der Waals surface area contributed by atoms with Gasteiger partial charge in [-0.05, 0) is 53.6 Å². The fourth-order valence-electron chi connectivity index (χ4n) is 1.93. The molecule has 0 aliphatic carbocycles. The van der Waals surface area contributed by atoms with Crippen LogP contribution in [0.5, 0.6) is 0 Å². The van der Waals surface area contributed by atoms with Crippen LogP contribution in [0.25, 0.3) is 0 Å². The van der Waals surface area contributed by atoms with Gasteiger partial charge in [0.25, 0.3) is 0 Å². The molecule has 5 heteroatoms. The molecule has 114 valence electrons. The number of nitrogens with zero attached hydrogens (tertiary/aromatic N) is 2. The first-order valence-corrected chi connectivity index (χ1v) is 7.04. The number of nitrogens with one attached hydrogen (secondary N) is 1. The zero-order chi connectivity index (χ0) is 14.8. The highest BCUT2D eigenvalue weighted by Crippen LogP contribution is 2.00. The fraction of sp³-hybridized carbons (Fsp3) is 0.929. The summed E-state index contributed by atoms with van der Waals surface area (Å²) in [5, 5.41) is 3.25. The first kappa shape index (κ1) is 18.4. The molecule has 19 heavy (non-hydrogen) atoms. The molecule has 0 aromatic heterocycles. The summed E-state index contributed by atoms with van der Waals surface area (Å²) in [6, 6.07) is 0.0736. The van der Waals surface area contributed by atoms with Crippen molar-refractivity contribution in [3.63, 3.8) is 0 Å². The van der Waals surface area contributed by atoms with E-state index in [4.69, 9.17) is 4.74 Å². The van der Waals surface area contributed by atoms with Gasteiger partial charge in [-0.15, -0.1) is 0 Å². The zero-order valence-corrected chi connectivity index (χ0v) is 13.4. The summed E-state index contributed by atoms with van der Waals surface area (Å²) in [4.78, 5) is 16.1. The second-order valence-electron chi connectivity index (χ2n) is 5.65. The van der Waals surface area contributed by atoms with Gasteiger partial charge < -0.3 is 19.9 Å². The molecule has 0 aromatic carbocycles. The van der Waals surface area contributed by atoms with Crippen molar-refractivity contribution in [2.75, 3.05) is 47.9 Å². The normalized spacial score (nSPS) is 13.3. The predicted octanol–water partition coefficient (Wildman–Crippen LogP) is 0.800. The maximum Gasteiger partial charge on any atom is 0.322 e. The maximum atomic E-state index is 11.7. The molecule has 1 unspecified atom stereocenters. The Bertz CT molecular complexity index is 245. The van der Waals surface area contributed by atoms with Gasteiger partial charge >= 0.3 is 5.97 Å². The van der Waals surface area contributed by atoms with Crippen LogP contribution in [0.1, 0.15) is 26.7 Å². The van der Waals surface area contributed by atoms with Crippen molar-refractivity contribution in [1.82, 2.24) is 15.1 Å². The lowest BCUT2D eigenvalue weighted by Gasteiger charge is -2.23. The molecule has 0 radical (unpaired) electrons. The summed E-state index contributed by atoms with van der Waals surface area (Å²) in [6.07, 6.45) is 1.92. The van der Waals surface area contributed by atoms with Crippen molar-refractivity contribution in [3.05, 3.63) is 0 Å². The summed E-state index contributed by atoms with van der Waals surface area (Å²) in [7, 11) is 7.71. The van der Waals surface area contributed by atoms with Crippen molar-refractivity contribution in [2.24, 2.45) is 0 Å². The third-order valence-corrected chi connectivity index (χ3v) is 2.96. The predicted molar refractivity (Wildman–Crippen MR) is 79.4 cm³/mol. The lowest BCUT2D eigenvalue weighted by atomic mass is 10.1. The van der Waals surface area contributed by atoms with Gasteiger partial charge in [0.05, 0.1) is 7.11 Å². The van der Waals surface area contributed by atoms with Crippen molar-refractivity contribution >= 4 is 5.97 Å². The molecule has 0 saturated heterocycles. The van der Waals surface area contributed by atoms with Crippen molar-refractivity contribution in [1.29, 1.82) is 0 Å². The summed E-state index contributed by atoms with van der Waals surface area (Å²) < 4.78 is 4.83. The molecule has 0 spiro atoms. The molecule has 0 rings (SSSR count). The Morgan fingerprint density at radius 3 is 2.26 bits per heavy atom. The van der Waals surface area contributed by atoms with E-state index in [2.05, 4.69) is 36.3 Å². The van der Waals surface area contributed by atoms with Crippen LogP contribution < -0.4 is 5.32 Å². The highest BCUT2D eigenvalue weighted by atomic mass is 16.5. The maximum absolute atomic E-state index is 11.7. The Morgan fingerprint density at radius 1 is 1.16 bits per heavy atom. The number of esters is 1. The van der Waals surface area contributed by atoms with E-state index in [1.807, 2.05) is 13.8 Å². The van der Waals surface area contributed by atoms with Crippen LogP contribution in [0.2, 0.25) is 0 Å². The zero-order valence-electron chi connectivity index (χ0n) is 13.4. The minimum atomic E-state index is -0.207. The number of ether oxygens (including phenoxy) is 1. The van der Waals surface area contributed by atoms with Crippen molar-refractivity contribution in [2.45, 2.75) is 38.8 Å². The van der Waals surface area contributed by atoms with Gasteiger partial charge in [0.2, 0.25) is 0 Å². The van der Waals surface area contributed by atoms with Crippen LogP contribution in [0.3, 0.4) is 0 Å². The van der Waals surface area contributed by atoms with Crippen LogP contribution in [0, 0.1) is 0 Å². The van der Waals surface area contributed by atoms with E-state index in [9.17, 15) is 4.79 Å². The van der Waals surface area contributed by atoms with Gasteiger partial charge in [0.15, 0.2) is 0 Å². The molecule has 0 aliphatic heterocycles. The second kappa shape index (κ2) is 10.2. The number of carbonyl (C=O) groups excluding carboxylic acids is 1. The standard InChI is InChI=1S/C14H31N3O2/c1-12(2)15-13(14(18)19-6)8-11-17(5)10-7-9-16(3)4/h12-13,15H,7-11H2,1-6H3. The van der Waals surface area contributed by atoms with Gasteiger partial charge in [0.1, 0.15) is 6.04 Å². The molecule has 1 atom stereocenters. The van der Waals surface area contributed by atoms with E-state index in [1.165, 1.54) is 7.11 Å². The summed E-state index contributed by atoms with van der Waals surface area (Å²) >= 11 is 0. The number of hydrogen-bond acceptors (Lipinski definition) is 5. The van der Waals surface area contributed by atoms with Crippen LogP contribution in [-0.4, -0.2) is 75.7 Å². The lowest BCUT2D eigenvalue weighted by molar-refractivity contribution is -0.143. The lowest BCUT2D eigenvalue weighted by Crippen LogP contribution is -2.43. The molecule has 0 aliphatic rings. The minimum absolute atomic E-state index is 0.171. The summed E-state index contributed by atoms with van der Waals surface area (Å²) in [5.74, 6) is -0.171. The minimum Gasteiger partial charge on any atom is -0.468 e. The van der Waals surface area contributed by atoms with E-state index in [-0.39, 0.29) is 18.1 Å². The second-order valence-corrected chi connectivity index (χ2v) is 5.65. The molecule has 0 fully saturated rings. The van der Waals surface area contributed by atoms with Gasteiger partial charge in [-0.25, -0.2) is 0 Å². The third-order valence-electron chi connectivity index (χ3n) is 2.96. The topological polar surface area (TPSA) is 44.8 Å². The monoisotopic (exact) mass is 273 g/mol. The highest BCUT2D eigenvalue weighted by molar-refractivity contribution is 5.75. The quantitative estimate of drug-likeness (QED) is 0.597. The summed E-state index contributed by atoms with van der Waals surface area (Å²) in [5.41, 5.74) is 0. The number of hydrogen-bond donors (Lipinski definition) is 1. The molecule has 0 heterocycles. The van der Waals surface area contributed by atoms with E-state index in [0.717, 1.165) is 32.5 Å². The van der Waals surface area contributed by atoms with E-state index in [1.54, 1.807) is 0 Å². The van der Waals surface area contributed by atoms with Gasteiger partial charge in [0, 0.05) is 6.04 Å². The van der Waals surface area contributed by atoms with Crippen LogP contribution >= 0.6 is 0 Å². The van der Waals surface area contributed by atoms with E-state index >= 15 is 0 Å². The molecule has 0 amide bonds. The van der Waals surface area contributed by atoms with Gasteiger partial charge in [-0.1, -0.05) is 13.8 Å². The van der Waals surface area contributed by atoms with Crippen molar-refractivity contribution < 1.29 is 9.53 Å². The molecular formula is C14H31N3O2. The highest BCUT2D eigenvalue weighted by Gasteiger charge is 2.19. The largest absolute Gasteiger partial charge is 0.468 e. The smallest absolute Gasteiger partial charge is 0.322 e. The molecule has 0 saturated carbocycles. The number of methoxy groups -OCH3 is 1. The SMILES string of the molecule is COC(=O)C(CCN(C)CCCN(C)C)NC(C)C. The molecule has 5 nitrogen and oxygen atoms in total. The Morgan fingerprint density at radius 2 is 1.79 bits per heavy atom. The first-order chi connectivity index (χ1) is 8.86. The van der Waals surface area contributed by atoms with E-state index in [0.29, 0.717) is 0 Å². The average Bonchev–Trinajstić information content (AvgIpc) is 2.32. The molecular weight excluding hydrogens is 242 g/mol. The molecule has 1 N–H and O–H groups in total. The summed E-state index contributed by atoms with van der Waals surface area (Å²) in [6.45, 7) is 7.11. The third kappa shape index (κ3) is 9.87. The van der Waals surface area contributed by atoms with Crippen molar-refractivity contribution in [3.8, 4) is 0 Å². The van der Waals surface area contributed by atoms with E-state index < -0.39 is 0 Å². The fourth-order valence-corrected chi connectivity index (χ4v) is 1.93. The van der Waals surface area contributed by atoms with Gasteiger partial charge in [-0.2, -0.15) is 0 Å². The van der Waals surface area contributed by atoms with Crippen LogP contribution in [0.4, 0.5) is 0 Å². The molecule has 0 aromatic rings. The Hall–Kier alpha value is -0.650. The Balaban J connectivity index is 3.98. The van der Waals surface area contributed by atoms with Crippen LogP contribution in [0.15, 0.2) is 0 Å². The average molecular weight is 273 g/mol. The van der Waals surface area contributed by atoms with Crippen LogP contribution in [-0.2, 0) is 9.53 Å². The Kier molecular flexibility index (Phi) is 9.83. The first-order valence-electron chi connectivity index (χ1n) is 7.04. The Labute approximate surface area is 118 Å².